The maximum atomic E-state index is 7.32. The van der Waals surface area contributed by atoms with Crippen molar-refractivity contribution in [2.75, 3.05) is 0 Å². The van der Waals surface area contributed by atoms with Crippen LogP contribution in [0.5, 0.6) is 0 Å². The highest BCUT2D eigenvalue weighted by Crippen LogP contribution is 2.14. The van der Waals surface area contributed by atoms with E-state index in [1.807, 2.05) is 38.4 Å². The Morgan fingerprint density at radius 1 is 1.09 bits per heavy atom. The number of hydrogen-bond acceptors (Lipinski definition) is 3. The first kappa shape index (κ1) is 26.6. The predicted molar refractivity (Wildman–Crippen MR) is 147 cm³/mol. The number of pyridine rings is 1. The zero-order chi connectivity index (χ0) is 25.1. The second-order valence-corrected chi connectivity index (χ2v) is 8.13. The van der Waals surface area contributed by atoms with Gasteiger partial charge in [0.1, 0.15) is 5.84 Å². The number of aromatic amines is 1. The van der Waals surface area contributed by atoms with Gasteiger partial charge in [-0.1, -0.05) is 44.2 Å². The monoisotopic (exact) mass is 455 g/mol. The molecule has 5 nitrogen and oxygen atoms in total. The molecular formula is C29H37N5. The van der Waals surface area contributed by atoms with Gasteiger partial charge in [0.05, 0.1) is 11.2 Å². The second kappa shape index (κ2) is 13.1. The topological polar surface area (TPSA) is 81.8 Å². The molecule has 0 spiro atoms. The quantitative estimate of drug-likeness (QED) is 0.0992. The van der Waals surface area contributed by atoms with Crippen molar-refractivity contribution < 1.29 is 0 Å². The molecule has 0 saturated carbocycles. The Hall–Kier alpha value is -3.70. The maximum Gasteiger partial charge on any atom is 0.112 e. The lowest BCUT2D eigenvalue weighted by Gasteiger charge is -2.19. The van der Waals surface area contributed by atoms with Crippen molar-refractivity contribution in [3.63, 3.8) is 0 Å². The Kier molecular flexibility index (Phi) is 10.2. The molecule has 2 aromatic carbocycles. The molecule has 0 aliphatic heterocycles. The Labute approximate surface area is 203 Å². The number of benzene rings is 2. The van der Waals surface area contributed by atoms with Crippen LogP contribution in [-0.2, 0) is 6.42 Å². The van der Waals surface area contributed by atoms with Gasteiger partial charge in [-0.2, -0.15) is 0 Å². The van der Waals surface area contributed by atoms with Crippen molar-refractivity contribution in [1.29, 1.82) is 5.41 Å². The molecule has 4 rings (SSSR count). The van der Waals surface area contributed by atoms with Crippen LogP contribution in [0.3, 0.4) is 0 Å². The lowest BCUT2D eigenvalue weighted by molar-refractivity contribution is 0.545. The van der Waals surface area contributed by atoms with E-state index in [9.17, 15) is 0 Å². The van der Waals surface area contributed by atoms with Crippen molar-refractivity contribution in [2.45, 2.75) is 47.5 Å². The van der Waals surface area contributed by atoms with E-state index < -0.39 is 0 Å². The van der Waals surface area contributed by atoms with Crippen LogP contribution in [0, 0.1) is 12.3 Å². The molecular weight excluding hydrogens is 418 g/mol. The number of fused-ring (bicyclic) bond motifs is 2. The van der Waals surface area contributed by atoms with Crippen LogP contribution in [0.15, 0.2) is 90.9 Å². The third-order valence-corrected chi connectivity index (χ3v) is 5.57. The summed E-state index contributed by atoms with van der Waals surface area (Å²) in [6.45, 7) is 13.6. The molecule has 0 fully saturated rings. The molecule has 0 amide bonds. The summed E-state index contributed by atoms with van der Waals surface area (Å²) in [5, 5.41) is 11.2. The molecule has 4 N–H and O–H groups in total. The van der Waals surface area contributed by atoms with Gasteiger partial charge in [0.2, 0.25) is 0 Å². The Bertz CT molecular complexity index is 1270. The lowest BCUT2D eigenvalue weighted by Crippen LogP contribution is -2.34. The van der Waals surface area contributed by atoms with Gasteiger partial charge in [0.25, 0.3) is 0 Å². The fraction of sp³-hybridized carbons (Fsp3) is 0.241. The number of hydrogen-bond donors (Lipinski definition) is 3. The van der Waals surface area contributed by atoms with Crippen molar-refractivity contribution in [3.8, 4) is 0 Å². The summed E-state index contributed by atoms with van der Waals surface area (Å²) in [5.41, 5.74) is 6.94. The molecule has 0 unspecified atom stereocenters. The van der Waals surface area contributed by atoms with Gasteiger partial charge >= 0.3 is 0 Å². The van der Waals surface area contributed by atoms with Crippen LogP contribution in [0.4, 0.5) is 0 Å². The van der Waals surface area contributed by atoms with Crippen molar-refractivity contribution in [1.82, 2.24) is 15.0 Å². The Morgan fingerprint density at radius 3 is 2.50 bits per heavy atom. The third kappa shape index (κ3) is 7.42. The first-order valence-corrected chi connectivity index (χ1v) is 11.6. The van der Waals surface area contributed by atoms with Gasteiger partial charge in [-0.15, -0.1) is 0 Å². The number of amidine groups is 1. The van der Waals surface area contributed by atoms with Gasteiger partial charge in [-0.3, -0.25) is 15.4 Å². The zero-order valence-corrected chi connectivity index (χ0v) is 21.0. The number of rotatable bonds is 4. The lowest BCUT2D eigenvalue weighted by atomic mass is 10.1. The minimum Gasteiger partial charge on any atom is -0.361 e. The largest absolute Gasteiger partial charge is 0.361 e. The summed E-state index contributed by atoms with van der Waals surface area (Å²) in [7, 11) is 0. The highest BCUT2D eigenvalue weighted by molar-refractivity contribution is 5.80. The fourth-order valence-corrected chi connectivity index (χ4v) is 3.36. The average Bonchev–Trinajstić information content (AvgIpc) is 3.32. The third-order valence-electron chi connectivity index (χ3n) is 5.57. The maximum absolute atomic E-state index is 7.32. The van der Waals surface area contributed by atoms with Gasteiger partial charge in [0.15, 0.2) is 0 Å². The number of aryl methyl sites for hydroxylation is 2. The van der Waals surface area contributed by atoms with Crippen LogP contribution in [0.2, 0.25) is 0 Å². The molecule has 2 aromatic heterocycles. The van der Waals surface area contributed by atoms with E-state index in [2.05, 4.69) is 72.9 Å². The number of allylic oxidation sites excluding steroid dienone is 2. The number of nitrogens with one attached hydrogen (secondary N) is 2. The number of hydrazine groups is 1. The normalized spacial score (nSPS) is 11.0. The number of nitrogens with zero attached hydrogens (tertiary/aromatic N) is 2. The molecule has 0 atom stereocenters. The van der Waals surface area contributed by atoms with E-state index >= 15 is 0 Å². The second-order valence-electron chi connectivity index (χ2n) is 8.13. The summed E-state index contributed by atoms with van der Waals surface area (Å²) in [5.74, 6) is 5.94. The molecule has 5 heteroatoms. The molecule has 178 valence electrons. The Morgan fingerprint density at radius 2 is 1.85 bits per heavy atom. The van der Waals surface area contributed by atoms with Gasteiger partial charge in [-0.05, 0) is 92.6 Å². The van der Waals surface area contributed by atoms with Crippen molar-refractivity contribution >= 4 is 27.6 Å². The summed E-state index contributed by atoms with van der Waals surface area (Å²) >= 11 is 0. The smallest absolute Gasteiger partial charge is 0.112 e. The minimum atomic E-state index is 0.317. The molecule has 0 aliphatic rings. The van der Waals surface area contributed by atoms with E-state index in [4.69, 9.17) is 11.3 Å². The fourth-order valence-electron chi connectivity index (χ4n) is 3.36. The van der Waals surface area contributed by atoms with E-state index in [0.29, 0.717) is 5.84 Å². The first-order valence-electron chi connectivity index (χ1n) is 11.6. The van der Waals surface area contributed by atoms with E-state index in [1.54, 1.807) is 13.0 Å². The van der Waals surface area contributed by atoms with Gasteiger partial charge in [-0.25, -0.2) is 5.84 Å². The van der Waals surface area contributed by atoms with Crippen LogP contribution in [-0.4, -0.2) is 20.8 Å². The molecule has 2 heterocycles. The van der Waals surface area contributed by atoms with E-state index in [0.717, 1.165) is 29.6 Å². The highest BCUT2D eigenvalue weighted by atomic mass is 15.4. The summed E-state index contributed by atoms with van der Waals surface area (Å²) < 4.78 is 0. The summed E-state index contributed by atoms with van der Waals surface area (Å²) in [6, 6.07) is 18.9. The molecule has 0 saturated heterocycles. The van der Waals surface area contributed by atoms with Crippen LogP contribution < -0.4 is 5.84 Å². The van der Waals surface area contributed by atoms with Crippen LogP contribution >= 0.6 is 0 Å². The predicted octanol–water partition coefficient (Wildman–Crippen LogP) is 7.30. The molecule has 0 bridgehead atoms. The molecule has 0 aliphatic carbocycles. The van der Waals surface area contributed by atoms with Crippen molar-refractivity contribution in [2.24, 2.45) is 5.84 Å². The minimum absolute atomic E-state index is 0.317. The van der Waals surface area contributed by atoms with E-state index in [1.165, 1.54) is 32.4 Å². The zero-order valence-electron chi connectivity index (χ0n) is 21.0. The SMILES string of the molecule is C=C/C(=C(/C)CC)N(N)C(C)=N.CCc1ccc2[nH]ccc2c1.Cc1ccc2ncccc2c1. The molecule has 0 radical (unpaired) electrons. The summed E-state index contributed by atoms with van der Waals surface area (Å²) in [4.78, 5) is 7.39. The number of aromatic nitrogens is 2. The average molecular weight is 456 g/mol. The van der Waals surface area contributed by atoms with Gasteiger partial charge < -0.3 is 4.98 Å². The molecule has 34 heavy (non-hydrogen) atoms. The number of nitrogens with two attached hydrogens (primary N) is 1. The molecule has 4 aromatic rings. The first-order chi connectivity index (χ1) is 16.3. The Balaban J connectivity index is 0.000000180. The highest BCUT2D eigenvalue weighted by Gasteiger charge is 2.05. The van der Waals surface area contributed by atoms with Crippen LogP contribution in [0.25, 0.3) is 21.8 Å². The van der Waals surface area contributed by atoms with Gasteiger partial charge in [0, 0.05) is 23.3 Å². The van der Waals surface area contributed by atoms with Crippen molar-refractivity contribution in [3.05, 3.63) is 102 Å². The van der Waals surface area contributed by atoms with Crippen LogP contribution in [0.1, 0.15) is 45.2 Å². The van der Waals surface area contributed by atoms with E-state index in [-0.39, 0.29) is 0 Å². The summed E-state index contributed by atoms with van der Waals surface area (Å²) in [6.07, 6.45) is 7.50. The standard InChI is InChI=1S/C10H9N.C10H11N.C9H17N3/c1-8-4-5-10-9(7-8)3-2-6-11-10;1-2-8-3-4-10-9(7-8)5-6-11-10;1-5-7(3)9(6-2)12(11)8(4)10/h2-7H,1H3;3-7,11H,2H2,1H3;6,10H,2,5,11H2,1,3-4H3/b;;9-7+,10-8?. The number of H-pyrrole nitrogens is 1.